The Morgan fingerprint density at radius 1 is 0.789 bits per heavy atom. The summed E-state index contributed by atoms with van der Waals surface area (Å²) in [7, 11) is -2.90. The summed E-state index contributed by atoms with van der Waals surface area (Å²) >= 11 is 0. The molecule has 0 spiro atoms. The van der Waals surface area contributed by atoms with E-state index in [0.29, 0.717) is 5.04 Å². The summed E-state index contributed by atoms with van der Waals surface area (Å²) < 4.78 is 11.4. The molecule has 118 valence electrons. The minimum atomic E-state index is -1.52. The molecule has 0 aliphatic carbocycles. The normalized spacial score (nSPS) is 12.9. The Kier molecular flexibility index (Phi) is 10.6. The van der Waals surface area contributed by atoms with Crippen LogP contribution in [0.25, 0.3) is 0 Å². The van der Waals surface area contributed by atoms with E-state index in [1.807, 2.05) is 13.8 Å². The molecule has 0 aliphatic heterocycles. The molecular weight excluding hydrogens is 268 g/mol. The molecule has 0 N–H and O–H groups in total. The smallest absolute Gasteiger partial charge is 0.184 e. The van der Waals surface area contributed by atoms with Crippen LogP contribution in [0.3, 0.4) is 0 Å². The zero-order chi connectivity index (χ0) is 15.7. The van der Waals surface area contributed by atoms with Crippen LogP contribution < -0.4 is 0 Å². The van der Waals surface area contributed by atoms with E-state index in [0.717, 1.165) is 13.2 Å². The average Bonchev–Trinajstić information content (AvgIpc) is 2.25. The van der Waals surface area contributed by atoms with E-state index in [1.165, 1.54) is 12.1 Å². The van der Waals surface area contributed by atoms with Crippen LogP contribution >= 0.6 is 0 Å². The van der Waals surface area contributed by atoms with Crippen molar-refractivity contribution in [1.82, 2.24) is 0 Å². The van der Waals surface area contributed by atoms with E-state index in [9.17, 15) is 0 Å². The van der Waals surface area contributed by atoms with Gasteiger partial charge in [-0.05, 0) is 50.6 Å². The Bertz CT molecular complexity index is 211. The van der Waals surface area contributed by atoms with Gasteiger partial charge in [0.2, 0.25) is 0 Å². The lowest BCUT2D eigenvalue weighted by Crippen LogP contribution is -2.52. The van der Waals surface area contributed by atoms with Crippen LogP contribution in [0.4, 0.5) is 0 Å². The van der Waals surface area contributed by atoms with E-state index in [-0.39, 0.29) is 0 Å². The molecule has 0 amide bonds. The van der Waals surface area contributed by atoms with Gasteiger partial charge in [0.15, 0.2) is 16.6 Å². The monoisotopic (exact) mass is 306 g/mol. The highest BCUT2D eigenvalue weighted by Crippen LogP contribution is 2.43. The molecule has 0 unspecified atom stereocenters. The number of hydrogen-bond donors (Lipinski definition) is 0. The fourth-order valence-corrected chi connectivity index (χ4v) is 12.1. The van der Waals surface area contributed by atoms with Crippen LogP contribution in [0.2, 0.25) is 36.8 Å². The number of rotatable bonds is 6. The fraction of sp³-hybridized carbons (Fsp3) is 1.00. The third-order valence-corrected chi connectivity index (χ3v) is 12.4. The van der Waals surface area contributed by atoms with Crippen molar-refractivity contribution in [3.63, 3.8) is 0 Å². The quantitative estimate of drug-likeness (QED) is 0.589. The Morgan fingerprint density at radius 3 is 1.21 bits per heavy atom. The Hall–Kier alpha value is 0.354. The summed E-state index contributed by atoms with van der Waals surface area (Å²) in [5, 5.41) is 0.372. The third-order valence-electron chi connectivity index (χ3n) is 3.42. The van der Waals surface area contributed by atoms with Gasteiger partial charge in [-0.1, -0.05) is 34.6 Å². The Labute approximate surface area is 124 Å². The molecule has 0 heterocycles. The molecule has 0 bridgehead atoms. The van der Waals surface area contributed by atoms with Crippen LogP contribution in [0, 0.1) is 0 Å². The van der Waals surface area contributed by atoms with Gasteiger partial charge in [0.1, 0.15) is 0 Å². The first-order chi connectivity index (χ1) is 8.49. The molecule has 0 saturated carbocycles. The van der Waals surface area contributed by atoms with Crippen LogP contribution in [-0.2, 0) is 8.85 Å². The maximum Gasteiger partial charge on any atom is 0.184 e. The summed E-state index contributed by atoms with van der Waals surface area (Å²) in [6, 6.07) is 2.49. The van der Waals surface area contributed by atoms with Gasteiger partial charge in [-0.15, -0.1) is 0 Å². The van der Waals surface area contributed by atoms with Crippen molar-refractivity contribution in [2.24, 2.45) is 0 Å². The molecule has 0 rings (SSSR count). The van der Waals surface area contributed by atoms with Crippen molar-refractivity contribution in [2.75, 3.05) is 13.2 Å². The van der Waals surface area contributed by atoms with Crippen LogP contribution in [0.1, 0.15) is 48.5 Å². The van der Waals surface area contributed by atoms with Gasteiger partial charge < -0.3 is 8.85 Å². The van der Waals surface area contributed by atoms with E-state index in [4.69, 9.17) is 8.85 Å². The summed E-state index contributed by atoms with van der Waals surface area (Å²) in [4.78, 5) is 0. The predicted molar refractivity (Wildman–Crippen MR) is 93.0 cm³/mol. The van der Waals surface area contributed by atoms with Crippen LogP contribution in [0.5, 0.6) is 0 Å². The molecule has 0 aromatic rings. The maximum atomic E-state index is 6.57. The second-order valence-corrected chi connectivity index (χ2v) is 16.9. The second kappa shape index (κ2) is 9.32. The highest BCUT2D eigenvalue weighted by molar-refractivity contribution is 6.87. The predicted octanol–water partition coefficient (Wildman–Crippen LogP) is 5.67. The molecule has 0 aromatic heterocycles. The van der Waals surface area contributed by atoms with Gasteiger partial charge in [0.05, 0.1) is 0 Å². The largest absolute Gasteiger partial charge is 0.455 e. The number of ether oxygens (including phenoxy) is 1. The van der Waals surface area contributed by atoms with Gasteiger partial charge in [-0.3, -0.25) is 0 Å². The third kappa shape index (κ3) is 9.00. The van der Waals surface area contributed by atoms with Gasteiger partial charge in [0, 0.05) is 13.2 Å². The first-order valence-corrected chi connectivity index (χ1v) is 13.5. The first-order valence-electron chi connectivity index (χ1n) is 7.77. The zero-order valence-corrected chi connectivity index (χ0v) is 17.1. The summed E-state index contributed by atoms with van der Waals surface area (Å²) in [6.07, 6.45) is 0. The highest BCUT2D eigenvalue weighted by atomic mass is 28.4. The van der Waals surface area contributed by atoms with E-state index < -0.39 is 16.6 Å². The minimum Gasteiger partial charge on any atom is -0.455 e. The zero-order valence-electron chi connectivity index (χ0n) is 15.1. The van der Waals surface area contributed by atoms with Crippen molar-refractivity contribution in [1.29, 1.82) is 0 Å². The molecule has 0 radical (unpaired) electrons. The van der Waals surface area contributed by atoms with Crippen molar-refractivity contribution in [3.05, 3.63) is 0 Å². The summed E-state index contributed by atoms with van der Waals surface area (Å²) in [5.74, 6) is 0. The molecule has 0 fully saturated rings. The van der Waals surface area contributed by atoms with Gasteiger partial charge in [-0.2, -0.15) is 0 Å². The van der Waals surface area contributed by atoms with E-state index in [1.54, 1.807) is 0 Å². The maximum absolute atomic E-state index is 6.57. The van der Waals surface area contributed by atoms with Crippen molar-refractivity contribution < 1.29 is 8.85 Å². The molecule has 4 heteroatoms. The SMILES string of the molecule is CCOCC.CC[Si](CC)(O[Si](C)(C)C)C(C)(C)C. The lowest BCUT2D eigenvalue weighted by atomic mass is 10.2. The van der Waals surface area contributed by atoms with Gasteiger partial charge >= 0.3 is 0 Å². The van der Waals surface area contributed by atoms with E-state index >= 15 is 0 Å². The van der Waals surface area contributed by atoms with Crippen molar-refractivity contribution >= 4 is 16.6 Å². The van der Waals surface area contributed by atoms with Crippen LogP contribution in [-0.4, -0.2) is 29.8 Å². The lowest BCUT2D eigenvalue weighted by Gasteiger charge is -2.45. The first kappa shape index (κ1) is 21.6. The highest BCUT2D eigenvalue weighted by Gasteiger charge is 2.45. The Morgan fingerprint density at radius 2 is 1.16 bits per heavy atom. The molecule has 19 heavy (non-hydrogen) atoms. The second-order valence-electron chi connectivity index (χ2n) is 6.95. The number of hydrogen-bond acceptors (Lipinski definition) is 2. The average molecular weight is 307 g/mol. The van der Waals surface area contributed by atoms with E-state index in [2.05, 4.69) is 54.3 Å². The Balaban J connectivity index is 0. The molecule has 0 atom stereocenters. The van der Waals surface area contributed by atoms with Crippen molar-refractivity contribution in [2.45, 2.75) is 85.2 Å². The van der Waals surface area contributed by atoms with Gasteiger partial charge in [-0.25, -0.2) is 0 Å². The molecular formula is C15H38O2Si2. The van der Waals surface area contributed by atoms with Gasteiger partial charge in [0.25, 0.3) is 0 Å². The molecule has 0 aromatic carbocycles. The van der Waals surface area contributed by atoms with Crippen molar-refractivity contribution in [3.8, 4) is 0 Å². The molecule has 0 saturated heterocycles. The topological polar surface area (TPSA) is 18.5 Å². The summed E-state index contributed by atoms with van der Waals surface area (Å²) in [5.41, 5.74) is 0. The molecule has 0 aliphatic rings. The standard InChI is InChI=1S/C11H28OSi2.C4H10O/c1-9-14(10-2,11(3,4)5)12-13(6,7)8;1-3-5-4-2/h9-10H2,1-8H3;3-4H2,1-2H3. The van der Waals surface area contributed by atoms with Crippen LogP contribution in [0.15, 0.2) is 0 Å². The minimum absolute atomic E-state index is 0.372. The summed E-state index contributed by atoms with van der Waals surface area (Å²) in [6.45, 7) is 24.3. The lowest BCUT2D eigenvalue weighted by molar-refractivity contribution is 0.162. The molecule has 2 nitrogen and oxygen atoms in total. The fourth-order valence-electron chi connectivity index (χ4n) is 2.40.